The molecule has 0 bridgehead atoms. The first-order valence-corrected chi connectivity index (χ1v) is 7.20. The topological polar surface area (TPSA) is 76.4 Å². The molecule has 0 unspecified atom stereocenters. The molecule has 0 radical (unpaired) electrons. The first-order chi connectivity index (χ1) is 9.99. The zero-order chi connectivity index (χ0) is 15.4. The Morgan fingerprint density at radius 1 is 1.52 bits per heavy atom. The Hall–Kier alpha value is -2.06. The summed E-state index contributed by atoms with van der Waals surface area (Å²) in [6.07, 6.45) is 1.03. The van der Waals surface area contributed by atoms with Crippen molar-refractivity contribution in [2.75, 3.05) is 13.1 Å². The SMILES string of the molecule is CC(=O)N1C[C@H](C)C[C@H](NCc2ccc(O)c(C#N)c2)C1. The molecule has 1 fully saturated rings. The largest absolute Gasteiger partial charge is 0.507 e. The van der Waals surface area contributed by atoms with Gasteiger partial charge in [0.05, 0.1) is 5.56 Å². The van der Waals surface area contributed by atoms with Gasteiger partial charge in [0, 0.05) is 32.6 Å². The summed E-state index contributed by atoms with van der Waals surface area (Å²) in [5.74, 6) is 0.606. The van der Waals surface area contributed by atoms with E-state index in [9.17, 15) is 9.90 Å². The van der Waals surface area contributed by atoms with Crippen molar-refractivity contribution in [3.8, 4) is 11.8 Å². The lowest BCUT2D eigenvalue weighted by Crippen LogP contribution is -2.49. The summed E-state index contributed by atoms with van der Waals surface area (Å²) in [6, 6.07) is 7.27. The number of hydrogen-bond donors (Lipinski definition) is 2. The van der Waals surface area contributed by atoms with Crippen molar-refractivity contribution < 1.29 is 9.90 Å². The Morgan fingerprint density at radius 2 is 2.29 bits per heavy atom. The number of phenols is 1. The minimum Gasteiger partial charge on any atom is -0.507 e. The van der Waals surface area contributed by atoms with E-state index in [2.05, 4.69) is 12.2 Å². The zero-order valence-corrected chi connectivity index (χ0v) is 12.5. The van der Waals surface area contributed by atoms with E-state index in [4.69, 9.17) is 5.26 Å². The normalized spacial score (nSPS) is 21.9. The Balaban J connectivity index is 1.96. The third-order valence-corrected chi connectivity index (χ3v) is 3.88. The molecule has 1 aliphatic rings. The van der Waals surface area contributed by atoms with Crippen molar-refractivity contribution in [2.24, 2.45) is 5.92 Å². The molecule has 0 saturated carbocycles. The Morgan fingerprint density at radius 3 is 2.95 bits per heavy atom. The standard InChI is InChI=1S/C16H21N3O2/c1-11-5-15(10-19(9-11)12(2)20)18-8-13-3-4-16(21)14(6-13)7-17/h3-4,6,11,15,18,21H,5,8-10H2,1-2H3/t11-,15+/m1/s1. The fourth-order valence-electron chi connectivity index (χ4n) is 2.80. The highest BCUT2D eigenvalue weighted by molar-refractivity contribution is 5.73. The van der Waals surface area contributed by atoms with E-state index >= 15 is 0 Å². The number of amides is 1. The highest BCUT2D eigenvalue weighted by Gasteiger charge is 2.25. The zero-order valence-electron chi connectivity index (χ0n) is 12.5. The second kappa shape index (κ2) is 6.59. The van der Waals surface area contributed by atoms with Crippen LogP contribution in [0.15, 0.2) is 18.2 Å². The van der Waals surface area contributed by atoms with Crippen LogP contribution in [0, 0.1) is 17.2 Å². The van der Waals surface area contributed by atoms with Crippen LogP contribution in [-0.2, 0) is 11.3 Å². The van der Waals surface area contributed by atoms with Crippen LogP contribution in [0.25, 0.3) is 0 Å². The minimum absolute atomic E-state index is 0.00953. The summed E-state index contributed by atoms with van der Waals surface area (Å²) >= 11 is 0. The van der Waals surface area contributed by atoms with E-state index in [1.165, 1.54) is 0 Å². The fraction of sp³-hybridized carbons (Fsp3) is 0.500. The third-order valence-electron chi connectivity index (χ3n) is 3.88. The van der Waals surface area contributed by atoms with Crippen molar-refractivity contribution in [3.05, 3.63) is 29.3 Å². The number of nitrogens with zero attached hydrogens (tertiary/aromatic N) is 2. The van der Waals surface area contributed by atoms with Crippen LogP contribution in [0.4, 0.5) is 0 Å². The summed E-state index contributed by atoms with van der Waals surface area (Å²) in [5, 5.41) is 21.9. The number of phenolic OH excluding ortho intramolecular Hbond substituents is 1. The van der Waals surface area contributed by atoms with Crippen molar-refractivity contribution in [1.29, 1.82) is 5.26 Å². The quantitative estimate of drug-likeness (QED) is 0.885. The summed E-state index contributed by atoms with van der Waals surface area (Å²) in [4.78, 5) is 13.4. The molecule has 112 valence electrons. The van der Waals surface area contributed by atoms with E-state index in [-0.39, 0.29) is 23.3 Å². The monoisotopic (exact) mass is 287 g/mol. The van der Waals surface area contributed by atoms with E-state index in [1.54, 1.807) is 25.1 Å². The molecule has 1 amide bonds. The molecule has 1 aliphatic heterocycles. The lowest BCUT2D eigenvalue weighted by atomic mass is 9.95. The van der Waals surface area contributed by atoms with Gasteiger partial charge >= 0.3 is 0 Å². The maximum Gasteiger partial charge on any atom is 0.219 e. The van der Waals surface area contributed by atoms with Gasteiger partial charge in [-0.3, -0.25) is 4.79 Å². The van der Waals surface area contributed by atoms with Gasteiger partial charge < -0.3 is 15.3 Å². The second-order valence-corrected chi connectivity index (χ2v) is 5.81. The van der Waals surface area contributed by atoms with Crippen molar-refractivity contribution in [2.45, 2.75) is 32.9 Å². The number of benzene rings is 1. The highest BCUT2D eigenvalue weighted by Crippen LogP contribution is 2.19. The average Bonchev–Trinajstić information content (AvgIpc) is 2.45. The summed E-state index contributed by atoms with van der Waals surface area (Å²) in [5.41, 5.74) is 1.24. The van der Waals surface area contributed by atoms with Crippen LogP contribution in [0.5, 0.6) is 5.75 Å². The molecular formula is C16H21N3O2. The van der Waals surface area contributed by atoms with Gasteiger partial charge in [-0.1, -0.05) is 13.0 Å². The molecule has 0 aromatic heterocycles. The number of carbonyl (C=O) groups excluding carboxylic acids is 1. The molecule has 1 saturated heterocycles. The molecule has 2 N–H and O–H groups in total. The Labute approximate surface area is 125 Å². The molecule has 5 nitrogen and oxygen atoms in total. The maximum atomic E-state index is 11.5. The first-order valence-electron chi connectivity index (χ1n) is 7.20. The van der Waals surface area contributed by atoms with Gasteiger partial charge in [0.15, 0.2) is 0 Å². The third kappa shape index (κ3) is 3.96. The number of hydrogen-bond acceptors (Lipinski definition) is 4. The Bertz CT molecular complexity index is 565. The summed E-state index contributed by atoms with van der Waals surface area (Å²) < 4.78 is 0. The number of nitrogens with one attached hydrogen (secondary N) is 1. The molecule has 0 aliphatic carbocycles. The molecule has 1 heterocycles. The highest BCUT2D eigenvalue weighted by atomic mass is 16.3. The molecule has 5 heteroatoms. The maximum absolute atomic E-state index is 11.5. The van der Waals surface area contributed by atoms with Gasteiger partial charge in [-0.25, -0.2) is 0 Å². The van der Waals surface area contributed by atoms with E-state index in [0.717, 1.165) is 25.1 Å². The van der Waals surface area contributed by atoms with Crippen molar-refractivity contribution >= 4 is 5.91 Å². The molecule has 1 aromatic carbocycles. The molecule has 21 heavy (non-hydrogen) atoms. The molecule has 0 spiro atoms. The first kappa shape index (κ1) is 15.3. The lowest BCUT2D eigenvalue weighted by Gasteiger charge is -2.36. The van der Waals surface area contributed by atoms with E-state index < -0.39 is 0 Å². The number of nitriles is 1. The predicted octanol–water partition coefficient (Wildman–Crippen LogP) is 1.61. The van der Waals surface area contributed by atoms with Gasteiger partial charge in [-0.2, -0.15) is 5.26 Å². The molecular weight excluding hydrogens is 266 g/mol. The summed E-state index contributed by atoms with van der Waals surface area (Å²) in [7, 11) is 0. The van der Waals surface area contributed by atoms with Crippen LogP contribution >= 0.6 is 0 Å². The van der Waals surface area contributed by atoms with Crippen LogP contribution in [-0.4, -0.2) is 35.0 Å². The predicted molar refractivity (Wildman–Crippen MR) is 79.5 cm³/mol. The van der Waals surface area contributed by atoms with Crippen LogP contribution in [0.1, 0.15) is 31.4 Å². The minimum atomic E-state index is 0.00953. The molecule has 2 atom stereocenters. The number of carbonyl (C=O) groups is 1. The molecule has 2 rings (SSSR count). The second-order valence-electron chi connectivity index (χ2n) is 5.81. The fourth-order valence-corrected chi connectivity index (χ4v) is 2.80. The van der Waals surface area contributed by atoms with Gasteiger partial charge in [0.2, 0.25) is 5.91 Å². The number of piperidine rings is 1. The number of likely N-dealkylation sites (tertiary alicyclic amines) is 1. The average molecular weight is 287 g/mol. The van der Waals surface area contributed by atoms with Gasteiger partial charge in [-0.05, 0) is 30.0 Å². The smallest absolute Gasteiger partial charge is 0.219 e. The van der Waals surface area contributed by atoms with Gasteiger partial charge in [-0.15, -0.1) is 0 Å². The van der Waals surface area contributed by atoms with Crippen molar-refractivity contribution in [3.63, 3.8) is 0 Å². The number of rotatable bonds is 3. The Kier molecular flexibility index (Phi) is 4.81. The van der Waals surface area contributed by atoms with Crippen LogP contribution in [0.3, 0.4) is 0 Å². The van der Waals surface area contributed by atoms with E-state index in [1.807, 2.05) is 11.0 Å². The lowest BCUT2D eigenvalue weighted by molar-refractivity contribution is -0.131. The van der Waals surface area contributed by atoms with E-state index in [0.29, 0.717) is 12.5 Å². The van der Waals surface area contributed by atoms with Crippen LogP contribution in [0.2, 0.25) is 0 Å². The number of aromatic hydroxyl groups is 1. The van der Waals surface area contributed by atoms with Crippen LogP contribution < -0.4 is 5.32 Å². The van der Waals surface area contributed by atoms with Gasteiger partial charge in [0.1, 0.15) is 11.8 Å². The van der Waals surface area contributed by atoms with Gasteiger partial charge in [0.25, 0.3) is 0 Å². The summed E-state index contributed by atoms with van der Waals surface area (Å²) in [6.45, 7) is 5.93. The van der Waals surface area contributed by atoms with Crippen molar-refractivity contribution in [1.82, 2.24) is 10.2 Å². The molecule has 1 aromatic rings.